The van der Waals surface area contributed by atoms with Crippen LogP contribution in [-0.2, 0) is 9.53 Å². The summed E-state index contributed by atoms with van der Waals surface area (Å²) in [4.78, 5) is 23.9. The van der Waals surface area contributed by atoms with Crippen molar-refractivity contribution in [3.8, 4) is 0 Å². The van der Waals surface area contributed by atoms with Gasteiger partial charge in [-0.1, -0.05) is 50.7 Å². The summed E-state index contributed by atoms with van der Waals surface area (Å²) in [6.07, 6.45) is 0. The molecule has 126 valence electrons. The number of amides is 1. The van der Waals surface area contributed by atoms with Gasteiger partial charge in [-0.2, -0.15) is 0 Å². The molecule has 24 heavy (non-hydrogen) atoms. The Kier molecular flexibility index (Phi) is 6.52. The van der Waals surface area contributed by atoms with E-state index in [9.17, 15) is 9.59 Å². The Hall–Kier alpha value is -1.27. The maximum Gasteiger partial charge on any atom is 0.341 e. The normalized spacial score (nSPS) is 10.4. The smallest absolute Gasteiger partial charge is 0.341 e. The number of anilines is 1. The van der Waals surface area contributed by atoms with Gasteiger partial charge in [-0.15, -0.1) is 0 Å². The third-order valence-corrected chi connectivity index (χ3v) is 5.03. The first-order valence-corrected chi connectivity index (χ1v) is 8.59. The van der Waals surface area contributed by atoms with Crippen LogP contribution in [0.5, 0.6) is 0 Å². The van der Waals surface area contributed by atoms with Gasteiger partial charge in [0.25, 0.3) is 5.91 Å². The van der Waals surface area contributed by atoms with Crippen molar-refractivity contribution in [2.75, 3.05) is 11.9 Å². The molecule has 0 saturated heterocycles. The van der Waals surface area contributed by atoms with Gasteiger partial charge in [-0.25, -0.2) is 4.79 Å². The minimum absolute atomic E-state index is 0.0156. The first kappa shape index (κ1) is 19.1. The minimum atomic E-state index is -0.824. The number of benzene rings is 2. The maximum atomic E-state index is 12.1. The number of carbonyl (C=O) groups excluding carboxylic acids is 2. The predicted molar refractivity (Wildman–Crippen MR) is 99.3 cm³/mol. The Balaban J connectivity index is 2.00. The Morgan fingerprint density at radius 3 is 2.46 bits per heavy atom. The van der Waals surface area contributed by atoms with Gasteiger partial charge in [0.1, 0.15) is 0 Å². The van der Waals surface area contributed by atoms with Crippen molar-refractivity contribution >= 4 is 68.3 Å². The topological polar surface area (TPSA) is 55.4 Å². The van der Waals surface area contributed by atoms with E-state index in [0.717, 1.165) is 10.0 Å². The molecule has 0 fully saturated rings. The Morgan fingerprint density at radius 1 is 1.12 bits per heavy atom. The standard InChI is InChI=1S/C16H11BrCl3NO3/c1-8-6-9(2-3-10(8)17)21-13(22)7-24-16(23)14-11(18)4-5-12(19)15(14)20/h2-6H,7H2,1H3,(H,21,22). The van der Waals surface area contributed by atoms with Crippen LogP contribution in [-0.4, -0.2) is 18.5 Å². The van der Waals surface area contributed by atoms with Gasteiger partial charge in [0.15, 0.2) is 6.61 Å². The maximum absolute atomic E-state index is 12.1. The third-order valence-electron chi connectivity index (χ3n) is 3.02. The Morgan fingerprint density at radius 2 is 1.79 bits per heavy atom. The third kappa shape index (κ3) is 4.63. The molecule has 2 aromatic carbocycles. The number of nitrogens with one attached hydrogen (secondary N) is 1. The second-order valence-electron chi connectivity index (χ2n) is 4.81. The van der Waals surface area contributed by atoms with E-state index in [2.05, 4.69) is 21.2 Å². The van der Waals surface area contributed by atoms with E-state index in [0.29, 0.717) is 5.69 Å². The average Bonchev–Trinajstić information content (AvgIpc) is 2.53. The van der Waals surface area contributed by atoms with E-state index in [1.807, 2.05) is 13.0 Å². The van der Waals surface area contributed by atoms with Crippen molar-refractivity contribution in [2.45, 2.75) is 6.92 Å². The van der Waals surface area contributed by atoms with Gasteiger partial charge in [0.05, 0.1) is 20.6 Å². The highest BCUT2D eigenvalue weighted by molar-refractivity contribution is 9.10. The van der Waals surface area contributed by atoms with Gasteiger partial charge < -0.3 is 10.1 Å². The van der Waals surface area contributed by atoms with Crippen molar-refractivity contribution in [1.82, 2.24) is 0 Å². The highest BCUT2D eigenvalue weighted by Gasteiger charge is 2.19. The quantitative estimate of drug-likeness (QED) is 0.492. The van der Waals surface area contributed by atoms with Crippen LogP contribution < -0.4 is 5.32 Å². The molecule has 0 unspecified atom stereocenters. The number of hydrogen-bond donors (Lipinski definition) is 1. The summed E-state index contributed by atoms with van der Waals surface area (Å²) in [6, 6.07) is 8.21. The van der Waals surface area contributed by atoms with E-state index in [1.54, 1.807) is 12.1 Å². The van der Waals surface area contributed by atoms with Crippen LogP contribution in [0.4, 0.5) is 5.69 Å². The number of aryl methyl sites for hydroxylation is 1. The van der Waals surface area contributed by atoms with E-state index in [4.69, 9.17) is 39.5 Å². The van der Waals surface area contributed by atoms with E-state index >= 15 is 0 Å². The Bertz CT molecular complexity index is 811. The molecule has 0 bridgehead atoms. The molecule has 1 N–H and O–H groups in total. The van der Waals surface area contributed by atoms with Crippen LogP contribution >= 0.6 is 50.7 Å². The van der Waals surface area contributed by atoms with Crippen LogP contribution in [0, 0.1) is 6.92 Å². The molecule has 0 saturated carbocycles. The summed E-state index contributed by atoms with van der Waals surface area (Å²) in [6.45, 7) is 1.41. The van der Waals surface area contributed by atoms with E-state index in [-0.39, 0.29) is 20.6 Å². The molecule has 0 radical (unpaired) electrons. The second kappa shape index (κ2) is 8.21. The summed E-state index contributed by atoms with van der Waals surface area (Å²) < 4.78 is 5.87. The zero-order valence-electron chi connectivity index (χ0n) is 12.3. The molecule has 0 heterocycles. The molecule has 0 aliphatic carbocycles. The molecular weight excluding hydrogens is 440 g/mol. The second-order valence-corrected chi connectivity index (χ2v) is 6.85. The van der Waals surface area contributed by atoms with Gasteiger partial charge >= 0.3 is 5.97 Å². The number of rotatable bonds is 4. The van der Waals surface area contributed by atoms with Crippen LogP contribution in [0.15, 0.2) is 34.8 Å². The van der Waals surface area contributed by atoms with Crippen LogP contribution in [0.25, 0.3) is 0 Å². The van der Waals surface area contributed by atoms with Gasteiger partial charge in [-0.05, 0) is 42.8 Å². The molecule has 2 rings (SSSR count). The highest BCUT2D eigenvalue weighted by Crippen LogP contribution is 2.31. The first-order valence-electron chi connectivity index (χ1n) is 6.66. The molecule has 2 aromatic rings. The van der Waals surface area contributed by atoms with Crippen LogP contribution in [0.2, 0.25) is 15.1 Å². The molecule has 0 spiro atoms. The van der Waals surface area contributed by atoms with Gasteiger partial charge in [0, 0.05) is 10.2 Å². The number of ether oxygens (including phenoxy) is 1. The summed E-state index contributed by atoms with van der Waals surface area (Å²) in [5, 5.41) is 2.88. The van der Waals surface area contributed by atoms with E-state index in [1.165, 1.54) is 12.1 Å². The molecule has 0 atom stereocenters. The fraction of sp³-hybridized carbons (Fsp3) is 0.125. The summed E-state index contributed by atoms with van der Waals surface area (Å²) in [5.41, 5.74) is 1.48. The molecule has 1 amide bonds. The van der Waals surface area contributed by atoms with Crippen molar-refractivity contribution in [3.05, 3.63) is 61.0 Å². The first-order chi connectivity index (χ1) is 11.3. The summed E-state index contributed by atoms with van der Waals surface area (Å²) in [7, 11) is 0. The minimum Gasteiger partial charge on any atom is -0.452 e. The van der Waals surface area contributed by atoms with Gasteiger partial charge in [-0.3, -0.25) is 4.79 Å². The summed E-state index contributed by atoms with van der Waals surface area (Å²) in [5.74, 6) is -1.31. The molecular formula is C16H11BrCl3NO3. The largest absolute Gasteiger partial charge is 0.452 e. The highest BCUT2D eigenvalue weighted by atomic mass is 79.9. The zero-order valence-corrected chi connectivity index (χ0v) is 16.2. The fourth-order valence-corrected chi connectivity index (χ4v) is 2.77. The van der Waals surface area contributed by atoms with Crippen molar-refractivity contribution in [1.29, 1.82) is 0 Å². The number of esters is 1. The molecule has 0 aliphatic rings. The average molecular weight is 452 g/mol. The number of hydrogen-bond acceptors (Lipinski definition) is 3. The van der Waals surface area contributed by atoms with Gasteiger partial charge in [0.2, 0.25) is 0 Å². The van der Waals surface area contributed by atoms with Crippen LogP contribution in [0.1, 0.15) is 15.9 Å². The lowest BCUT2D eigenvalue weighted by Crippen LogP contribution is -2.21. The molecule has 0 aliphatic heterocycles. The monoisotopic (exact) mass is 449 g/mol. The molecule has 8 heteroatoms. The fourth-order valence-electron chi connectivity index (χ4n) is 1.84. The SMILES string of the molecule is Cc1cc(NC(=O)COC(=O)c2c(Cl)ccc(Cl)c2Cl)ccc1Br. The molecule has 0 aromatic heterocycles. The lowest BCUT2D eigenvalue weighted by Gasteiger charge is -2.10. The lowest BCUT2D eigenvalue weighted by atomic mass is 10.2. The van der Waals surface area contributed by atoms with Crippen LogP contribution in [0.3, 0.4) is 0 Å². The predicted octanol–water partition coefficient (Wildman–Crippen LogP) is 5.51. The zero-order chi connectivity index (χ0) is 17.9. The lowest BCUT2D eigenvalue weighted by molar-refractivity contribution is -0.119. The van der Waals surface area contributed by atoms with Crippen molar-refractivity contribution in [3.63, 3.8) is 0 Å². The van der Waals surface area contributed by atoms with Crippen molar-refractivity contribution in [2.24, 2.45) is 0 Å². The van der Waals surface area contributed by atoms with Crippen molar-refractivity contribution < 1.29 is 14.3 Å². The molecule has 4 nitrogen and oxygen atoms in total. The summed E-state index contributed by atoms with van der Waals surface area (Å²) >= 11 is 21.1. The van der Waals surface area contributed by atoms with E-state index < -0.39 is 18.5 Å². The number of carbonyl (C=O) groups is 2. The number of halogens is 4. The Labute approximate surface area is 162 Å².